The van der Waals surface area contributed by atoms with Crippen LogP contribution in [-0.2, 0) is 4.79 Å². The molecule has 1 aliphatic heterocycles. The largest absolute Gasteiger partial charge is 0.324 e. The molecule has 1 aliphatic carbocycles. The molecule has 1 saturated heterocycles. The Hall–Kier alpha value is -1.00. The molecule has 1 amide bonds. The highest BCUT2D eigenvalue weighted by Gasteiger charge is 2.34. The maximum Gasteiger partial charge on any atom is 0.241 e. The van der Waals surface area contributed by atoms with Gasteiger partial charge in [0.05, 0.1) is 11.7 Å². The van der Waals surface area contributed by atoms with E-state index in [1.807, 2.05) is 30.5 Å². The number of thioether (sulfide) groups is 1. The van der Waals surface area contributed by atoms with Crippen molar-refractivity contribution < 1.29 is 4.79 Å². The van der Waals surface area contributed by atoms with Crippen molar-refractivity contribution in [1.82, 2.24) is 5.32 Å². The van der Waals surface area contributed by atoms with Gasteiger partial charge in [-0.05, 0) is 50.0 Å². The van der Waals surface area contributed by atoms with Gasteiger partial charge in [0.25, 0.3) is 0 Å². The van der Waals surface area contributed by atoms with Gasteiger partial charge in [0.1, 0.15) is 0 Å². The highest BCUT2D eigenvalue weighted by molar-refractivity contribution is 7.98. The lowest BCUT2D eigenvalue weighted by atomic mass is 9.77. The van der Waals surface area contributed by atoms with Gasteiger partial charge in [-0.15, -0.1) is 11.8 Å². The summed E-state index contributed by atoms with van der Waals surface area (Å²) in [5.74, 6) is 0.918. The third kappa shape index (κ3) is 3.43. The van der Waals surface area contributed by atoms with Crippen molar-refractivity contribution in [2.45, 2.75) is 55.5 Å². The Morgan fingerprint density at radius 3 is 2.86 bits per heavy atom. The SMILES string of the molecule is CSc1ccccc1NC(=O)C1CCC2CCCCC2N1. The van der Waals surface area contributed by atoms with E-state index in [9.17, 15) is 4.79 Å². The van der Waals surface area contributed by atoms with Gasteiger partial charge in [-0.3, -0.25) is 4.79 Å². The topological polar surface area (TPSA) is 41.1 Å². The molecule has 4 heteroatoms. The summed E-state index contributed by atoms with van der Waals surface area (Å²) in [7, 11) is 0. The normalized spacial score (nSPS) is 28.7. The van der Waals surface area contributed by atoms with Gasteiger partial charge >= 0.3 is 0 Å². The van der Waals surface area contributed by atoms with Gasteiger partial charge in [0.15, 0.2) is 0 Å². The predicted molar refractivity (Wildman–Crippen MR) is 88.8 cm³/mol. The lowest BCUT2D eigenvalue weighted by Gasteiger charge is -2.39. The van der Waals surface area contributed by atoms with Gasteiger partial charge in [0.2, 0.25) is 5.91 Å². The summed E-state index contributed by atoms with van der Waals surface area (Å²) in [6.07, 6.45) is 9.43. The Morgan fingerprint density at radius 2 is 2.00 bits per heavy atom. The van der Waals surface area contributed by atoms with Gasteiger partial charge in [0, 0.05) is 10.9 Å². The Balaban J connectivity index is 1.63. The molecule has 0 spiro atoms. The summed E-state index contributed by atoms with van der Waals surface area (Å²) in [4.78, 5) is 13.6. The number of benzene rings is 1. The quantitative estimate of drug-likeness (QED) is 0.837. The van der Waals surface area contributed by atoms with Gasteiger partial charge in [-0.25, -0.2) is 0 Å². The average molecular weight is 304 g/mol. The minimum atomic E-state index is -0.0285. The third-order valence-electron chi connectivity index (χ3n) is 4.83. The molecule has 1 aromatic carbocycles. The molecule has 2 N–H and O–H groups in total. The molecular formula is C17H24N2OS. The molecule has 1 saturated carbocycles. The Bertz CT molecular complexity index is 505. The first-order valence-corrected chi connectivity index (χ1v) is 9.20. The first kappa shape index (κ1) is 14.9. The van der Waals surface area contributed by atoms with Gasteiger partial charge < -0.3 is 10.6 Å². The van der Waals surface area contributed by atoms with Crippen LogP contribution in [0.25, 0.3) is 0 Å². The van der Waals surface area contributed by atoms with E-state index < -0.39 is 0 Å². The second-order valence-electron chi connectivity index (χ2n) is 6.14. The minimum Gasteiger partial charge on any atom is -0.324 e. The Kier molecular flexibility index (Phi) is 4.86. The molecule has 2 fully saturated rings. The molecule has 1 heterocycles. The zero-order valence-corrected chi connectivity index (χ0v) is 13.4. The molecule has 3 atom stereocenters. The van der Waals surface area contributed by atoms with Crippen LogP contribution >= 0.6 is 11.8 Å². The number of rotatable bonds is 3. The molecule has 0 aromatic heterocycles. The van der Waals surface area contributed by atoms with Crippen molar-refractivity contribution in [3.05, 3.63) is 24.3 Å². The second-order valence-corrected chi connectivity index (χ2v) is 6.99. The van der Waals surface area contributed by atoms with E-state index in [1.54, 1.807) is 11.8 Å². The maximum atomic E-state index is 12.5. The fourth-order valence-corrected chi connectivity index (χ4v) is 4.22. The Morgan fingerprint density at radius 1 is 1.19 bits per heavy atom. The third-order valence-corrected chi connectivity index (χ3v) is 5.63. The number of amides is 1. The highest BCUT2D eigenvalue weighted by atomic mass is 32.2. The fraction of sp³-hybridized carbons (Fsp3) is 0.588. The van der Waals surface area contributed by atoms with Crippen LogP contribution in [0.5, 0.6) is 0 Å². The van der Waals surface area contributed by atoms with Crippen LogP contribution in [0.2, 0.25) is 0 Å². The summed E-state index contributed by atoms with van der Waals surface area (Å²) in [5, 5.41) is 6.70. The van der Waals surface area contributed by atoms with E-state index in [0.717, 1.165) is 22.9 Å². The van der Waals surface area contributed by atoms with E-state index in [1.165, 1.54) is 32.1 Å². The maximum absolute atomic E-state index is 12.5. The monoisotopic (exact) mass is 304 g/mol. The van der Waals surface area contributed by atoms with Crippen LogP contribution in [-0.4, -0.2) is 24.2 Å². The number of hydrogen-bond donors (Lipinski definition) is 2. The number of piperidine rings is 1. The number of carbonyl (C=O) groups is 1. The van der Waals surface area contributed by atoms with Crippen LogP contribution in [0.15, 0.2) is 29.2 Å². The molecule has 2 aliphatic rings. The van der Waals surface area contributed by atoms with E-state index in [0.29, 0.717) is 6.04 Å². The van der Waals surface area contributed by atoms with Crippen molar-refractivity contribution in [3.8, 4) is 0 Å². The lowest BCUT2D eigenvalue weighted by molar-refractivity contribution is -0.119. The summed E-state index contributed by atoms with van der Waals surface area (Å²) in [5.41, 5.74) is 0.933. The summed E-state index contributed by atoms with van der Waals surface area (Å²) < 4.78 is 0. The molecule has 3 unspecified atom stereocenters. The number of hydrogen-bond acceptors (Lipinski definition) is 3. The minimum absolute atomic E-state index is 0.0285. The zero-order valence-electron chi connectivity index (χ0n) is 12.6. The number of para-hydroxylation sites is 1. The van der Waals surface area contributed by atoms with E-state index in [2.05, 4.69) is 10.6 Å². The summed E-state index contributed by atoms with van der Waals surface area (Å²) >= 11 is 1.67. The number of carbonyl (C=O) groups excluding carboxylic acids is 1. The molecule has 3 rings (SSSR count). The lowest BCUT2D eigenvalue weighted by Crippen LogP contribution is -2.53. The predicted octanol–water partition coefficient (Wildman–Crippen LogP) is 3.66. The van der Waals surface area contributed by atoms with E-state index >= 15 is 0 Å². The van der Waals surface area contributed by atoms with Crippen molar-refractivity contribution in [2.24, 2.45) is 5.92 Å². The molecule has 1 aromatic rings. The standard InChI is InChI=1S/C17H24N2OS/c1-21-16-9-5-4-8-14(16)19-17(20)15-11-10-12-6-2-3-7-13(12)18-15/h4-5,8-9,12-13,15,18H,2-3,6-7,10-11H2,1H3,(H,19,20). The molecule has 0 radical (unpaired) electrons. The molecule has 0 bridgehead atoms. The molecule has 114 valence electrons. The van der Waals surface area contributed by atoms with Crippen LogP contribution in [0.4, 0.5) is 5.69 Å². The number of anilines is 1. The summed E-state index contributed by atoms with van der Waals surface area (Å²) in [6.45, 7) is 0. The van der Waals surface area contributed by atoms with Crippen molar-refractivity contribution in [1.29, 1.82) is 0 Å². The van der Waals surface area contributed by atoms with Gasteiger partial charge in [-0.1, -0.05) is 25.0 Å². The Labute approximate surface area is 131 Å². The van der Waals surface area contributed by atoms with Crippen molar-refractivity contribution in [2.75, 3.05) is 11.6 Å². The smallest absolute Gasteiger partial charge is 0.241 e. The van der Waals surface area contributed by atoms with Crippen LogP contribution in [0.1, 0.15) is 38.5 Å². The van der Waals surface area contributed by atoms with Crippen molar-refractivity contribution in [3.63, 3.8) is 0 Å². The molecular weight excluding hydrogens is 280 g/mol. The first-order chi connectivity index (χ1) is 10.3. The zero-order chi connectivity index (χ0) is 14.7. The van der Waals surface area contributed by atoms with Gasteiger partial charge in [-0.2, -0.15) is 0 Å². The number of nitrogens with one attached hydrogen (secondary N) is 2. The second kappa shape index (κ2) is 6.84. The molecule has 21 heavy (non-hydrogen) atoms. The van der Waals surface area contributed by atoms with E-state index in [-0.39, 0.29) is 11.9 Å². The molecule has 3 nitrogen and oxygen atoms in total. The average Bonchev–Trinajstić information content (AvgIpc) is 2.55. The number of fused-ring (bicyclic) bond motifs is 1. The van der Waals surface area contributed by atoms with Crippen LogP contribution in [0, 0.1) is 5.92 Å². The van der Waals surface area contributed by atoms with Crippen molar-refractivity contribution >= 4 is 23.4 Å². The van der Waals surface area contributed by atoms with E-state index in [4.69, 9.17) is 0 Å². The highest BCUT2D eigenvalue weighted by Crippen LogP contribution is 2.32. The van der Waals surface area contributed by atoms with Crippen LogP contribution in [0.3, 0.4) is 0 Å². The fourth-order valence-electron chi connectivity index (χ4n) is 3.67. The first-order valence-electron chi connectivity index (χ1n) is 7.98. The van der Waals surface area contributed by atoms with Crippen LogP contribution < -0.4 is 10.6 Å². The summed E-state index contributed by atoms with van der Waals surface area (Å²) in [6, 6.07) is 8.54.